The molecule has 12 heteroatoms. The Bertz CT molecular complexity index is 753. The van der Waals surface area contributed by atoms with E-state index in [2.05, 4.69) is 20.2 Å². The molecule has 0 spiro atoms. The van der Waals surface area contributed by atoms with Crippen LogP contribution in [-0.2, 0) is 10.0 Å². The van der Waals surface area contributed by atoms with E-state index in [9.17, 15) is 13.2 Å². The van der Waals surface area contributed by atoms with E-state index in [1.807, 2.05) is 0 Å². The van der Waals surface area contributed by atoms with Crippen LogP contribution in [-0.4, -0.2) is 48.8 Å². The molecule has 2 aromatic rings. The van der Waals surface area contributed by atoms with Gasteiger partial charge in [-0.05, 0) is 6.07 Å². The highest BCUT2D eigenvalue weighted by Gasteiger charge is 2.33. The Hall–Kier alpha value is -2.89. The molecule has 11 nitrogen and oxygen atoms in total. The number of H-pyrrole nitrogens is 1. The number of amides is 2. The number of nitrogens with two attached hydrogens (primary N) is 1. The molecule has 0 saturated heterocycles. The van der Waals surface area contributed by atoms with Gasteiger partial charge in [0.05, 0.1) is 26.5 Å². The molecule has 2 amide bonds. The van der Waals surface area contributed by atoms with E-state index in [0.29, 0.717) is 0 Å². The minimum absolute atomic E-state index is 0.00656. The summed E-state index contributed by atoms with van der Waals surface area (Å²) in [5, 5.41) is 5.40. The highest BCUT2D eigenvalue weighted by Crippen LogP contribution is 2.24. The number of aromatic amines is 1. The van der Waals surface area contributed by atoms with E-state index >= 15 is 0 Å². The fraction of sp³-hybridized carbons (Fsp3) is 0.200. The Morgan fingerprint density at radius 2 is 1.86 bits per heavy atom. The van der Waals surface area contributed by atoms with Crippen LogP contribution in [0.2, 0.25) is 0 Å². The lowest BCUT2D eigenvalue weighted by Gasteiger charge is -2.18. The monoisotopic (exact) mass is 328 g/mol. The minimum Gasteiger partial charge on any atom is -0.481 e. The number of nitrogens with zero attached hydrogens (tertiary/aromatic N) is 4. The van der Waals surface area contributed by atoms with E-state index in [1.54, 1.807) is 0 Å². The van der Waals surface area contributed by atoms with Crippen LogP contribution in [0.5, 0.6) is 11.8 Å². The summed E-state index contributed by atoms with van der Waals surface area (Å²) in [6, 6.07) is 1.17. The van der Waals surface area contributed by atoms with Gasteiger partial charge in [0.1, 0.15) is 0 Å². The van der Waals surface area contributed by atoms with Crippen LogP contribution in [0.1, 0.15) is 0 Å². The third-order valence-corrected chi connectivity index (χ3v) is 4.07. The zero-order valence-corrected chi connectivity index (χ0v) is 12.4. The standard InChI is InChI=1S/C10H12N6O5S/c1-20-6-5-7(21-2)14-10(13-6)16(9(11)17)22(18,19)8-3-4-12-15-8/h3-5H,1-2H3,(H2,11,17)(H,12,15). The Morgan fingerprint density at radius 1 is 1.27 bits per heavy atom. The van der Waals surface area contributed by atoms with Crippen molar-refractivity contribution in [2.75, 3.05) is 18.5 Å². The summed E-state index contributed by atoms with van der Waals surface area (Å²) in [5.74, 6) is -0.529. The summed E-state index contributed by atoms with van der Waals surface area (Å²) in [6.45, 7) is 0. The third kappa shape index (κ3) is 2.76. The molecule has 2 heterocycles. The Balaban J connectivity index is 2.61. The summed E-state index contributed by atoms with van der Waals surface area (Å²) in [5.41, 5.74) is 5.16. The number of aromatic nitrogens is 4. The van der Waals surface area contributed by atoms with Gasteiger partial charge in [-0.3, -0.25) is 5.10 Å². The molecular weight excluding hydrogens is 316 g/mol. The molecule has 0 atom stereocenters. The first kappa shape index (κ1) is 15.5. The van der Waals surface area contributed by atoms with E-state index in [0.717, 1.165) is 6.07 Å². The highest BCUT2D eigenvalue weighted by atomic mass is 32.2. The summed E-state index contributed by atoms with van der Waals surface area (Å²) in [6.07, 6.45) is 1.21. The lowest BCUT2D eigenvalue weighted by molar-refractivity contribution is 0.256. The smallest absolute Gasteiger partial charge is 0.336 e. The van der Waals surface area contributed by atoms with Crippen LogP contribution in [0.25, 0.3) is 0 Å². The number of anilines is 1. The van der Waals surface area contributed by atoms with Crippen molar-refractivity contribution in [3.63, 3.8) is 0 Å². The predicted octanol–water partition coefficient (Wildman–Crippen LogP) is -0.509. The maximum atomic E-state index is 12.4. The topological polar surface area (TPSA) is 153 Å². The molecule has 0 unspecified atom stereocenters. The van der Waals surface area contributed by atoms with Crippen molar-refractivity contribution in [2.24, 2.45) is 5.73 Å². The van der Waals surface area contributed by atoms with Crippen molar-refractivity contribution in [1.29, 1.82) is 0 Å². The largest absolute Gasteiger partial charge is 0.481 e. The van der Waals surface area contributed by atoms with Gasteiger partial charge in [0.15, 0.2) is 5.03 Å². The van der Waals surface area contributed by atoms with Gasteiger partial charge in [-0.1, -0.05) is 0 Å². The number of primary amides is 1. The molecule has 0 bridgehead atoms. The van der Waals surface area contributed by atoms with Crippen molar-refractivity contribution >= 4 is 22.0 Å². The van der Waals surface area contributed by atoms with Gasteiger partial charge in [-0.2, -0.15) is 23.5 Å². The first-order chi connectivity index (χ1) is 10.4. The molecule has 2 rings (SSSR count). The third-order valence-electron chi connectivity index (χ3n) is 2.46. The summed E-state index contributed by atoms with van der Waals surface area (Å²) in [7, 11) is -1.74. The Morgan fingerprint density at radius 3 is 2.27 bits per heavy atom. The molecule has 0 radical (unpaired) electrons. The summed E-state index contributed by atoms with van der Waals surface area (Å²) >= 11 is 0. The predicted molar refractivity (Wildman–Crippen MR) is 73.0 cm³/mol. The van der Waals surface area contributed by atoms with Crippen molar-refractivity contribution in [2.45, 2.75) is 5.03 Å². The number of ether oxygens (including phenoxy) is 2. The molecule has 118 valence electrons. The maximum Gasteiger partial charge on any atom is 0.336 e. The van der Waals surface area contributed by atoms with Crippen molar-refractivity contribution in [1.82, 2.24) is 20.2 Å². The van der Waals surface area contributed by atoms with Crippen LogP contribution < -0.4 is 19.5 Å². The van der Waals surface area contributed by atoms with E-state index in [4.69, 9.17) is 15.2 Å². The number of nitrogens with one attached hydrogen (secondary N) is 1. The molecule has 0 aliphatic heterocycles. The highest BCUT2D eigenvalue weighted by molar-refractivity contribution is 7.93. The number of carbonyl (C=O) groups is 1. The van der Waals surface area contributed by atoms with Gasteiger partial charge >= 0.3 is 6.03 Å². The van der Waals surface area contributed by atoms with Gasteiger partial charge in [-0.15, -0.1) is 4.31 Å². The van der Waals surface area contributed by atoms with Crippen LogP contribution >= 0.6 is 0 Å². The van der Waals surface area contributed by atoms with Crippen molar-refractivity contribution in [3.05, 3.63) is 18.3 Å². The number of methoxy groups -OCH3 is 2. The summed E-state index contributed by atoms with van der Waals surface area (Å²) < 4.78 is 34.9. The van der Waals surface area contributed by atoms with Gasteiger partial charge in [0, 0.05) is 0 Å². The zero-order valence-electron chi connectivity index (χ0n) is 11.5. The fourth-order valence-corrected chi connectivity index (χ4v) is 2.63. The first-order valence-corrected chi connectivity index (χ1v) is 7.15. The molecule has 0 fully saturated rings. The van der Waals surface area contributed by atoms with Crippen LogP contribution in [0.4, 0.5) is 10.7 Å². The second-order valence-corrected chi connectivity index (χ2v) is 5.54. The lowest BCUT2D eigenvalue weighted by Crippen LogP contribution is -2.42. The normalized spacial score (nSPS) is 11.0. The zero-order chi connectivity index (χ0) is 16.3. The van der Waals surface area contributed by atoms with Crippen molar-refractivity contribution in [3.8, 4) is 11.8 Å². The average Bonchev–Trinajstić information content (AvgIpc) is 3.01. The molecule has 0 aliphatic rings. The van der Waals surface area contributed by atoms with Crippen molar-refractivity contribution < 1.29 is 22.7 Å². The number of hydrogen-bond acceptors (Lipinski definition) is 8. The van der Waals surface area contributed by atoms with E-state index in [-0.39, 0.29) is 21.1 Å². The minimum atomic E-state index is -4.36. The first-order valence-electron chi connectivity index (χ1n) is 5.71. The van der Waals surface area contributed by atoms with Gasteiger partial charge in [-0.25, -0.2) is 4.79 Å². The van der Waals surface area contributed by atoms with Crippen LogP contribution in [0, 0.1) is 0 Å². The number of sulfonamides is 1. The Kier molecular flexibility index (Phi) is 4.12. The van der Waals surface area contributed by atoms with Gasteiger partial charge in [0.25, 0.3) is 16.0 Å². The molecule has 22 heavy (non-hydrogen) atoms. The Labute approximate surface area is 125 Å². The van der Waals surface area contributed by atoms with E-state index in [1.165, 1.54) is 26.5 Å². The van der Waals surface area contributed by atoms with E-state index < -0.39 is 22.0 Å². The number of hydrogen-bond donors (Lipinski definition) is 2. The molecule has 2 aromatic heterocycles. The molecule has 0 aliphatic carbocycles. The quantitative estimate of drug-likeness (QED) is 0.744. The fourth-order valence-electron chi connectivity index (χ4n) is 1.50. The van der Waals surface area contributed by atoms with Crippen LogP contribution in [0.15, 0.2) is 23.4 Å². The number of carbonyl (C=O) groups excluding carboxylic acids is 1. The molecule has 3 N–H and O–H groups in total. The van der Waals surface area contributed by atoms with Gasteiger partial charge in [0.2, 0.25) is 11.8 Å². The lowest BCUT2D eigenvalue weighted by atomic mass is 10.6. The second-order valence-electron chi connectivity index (χ2n) is 3.78. The average molecular weight is 328 g/mol. The van der Waals surface area contributed by atoms with Gasteiger partial charge < -0.3 is 15.2 Å². The molecular formula is C10H12N6O5S. The summed E-state index contributed by atoms with van der Waals surface area (Å²) in [4.78, 5) is 19.2. The molecule has 0 saturated carbocycles. The number of urea groups is 1. The second kappa shape index (κ2) is 5.85. The SMILES string of the molecule is COc1cc(OC)nc(N(C(N)=O)S(=O)(=O)c2ccn[nH]2)n1. The molecule has 0 aromatic carbocycles. The number of rotatable bonds is 5. The maximum absolute atomic E-state index is 12.4. The van der Waals surface area contributed by atoms with Crippen LogP contribution in [0.3, 0.4) is 0 Å².